The number of amides is 3. The average Bonchev–Trinajstić information content (AvgIpc) is 3.14. The second-order valence-corrected chi connectivity index (χ2v) is 8.86. The summed E-state index contributed by atoms with van der Waals surface area (Å²) in [5, 5.41) is 4.81. The van der Waals surface area contributed by atoms with Gasteiger partial charge in [-0.2, -0.15) is 0 Å². The minimum atomic E-state index is -0.675. The van der Waals surface area contributed by atoms with Crippen molar-refractivity contribution in [1.82, 2.24) is 10.2 Å². The summed E-state index contributed by atoms with van der Waals surface area (Å²) < 4.78 is 13.4. The molecule has 1 N–H and O–H groups in total. The molecule has 1 heterocycles. The van der Waals surface area contributed by atoms with Gasteiger partial charge in [0.25, 0.3) is 5.91 Å². The Bertz CT molecular complexity index is 1240. The Morgan fingerprint density at radius 1 is 1.06 bits per heavy atom. The highest BCUT2D eigenvalue weighted by Crippen LogP contribution is 2.37. The van der Waals surface area contributed by atoms with Gasteiger partial charge in [0.2, 0.25) is 11.8 Å². The van der Waals surface area contributed by atoms with Crippen LogP contribution in [-0.2, 0) is 16.1 Å². The summed E-state index contributed by atoms with van der Waals surface area (Å²) >= 11 is 0. The van der Waals surface area contributed by atoms with Crippen LogP contribution in [0.3, 0.4) is 0 Å². The summed E-state index contributed by atoms with van der Waals surface area (Å²) in [5.74, 6) is -0.818. The number of anilines is 1. The predicted octanol–water partition coefficient (Wildman–Crippen LogP) is 4.66. The zero-order valence-electron chi connectivity index (χ0n) is 20.1. The largest absolute Gasteiger partial charge is 0.354 e. The van der Waals surface area contributed by atoms with Gasteiger partial charge in [0.05, 0.1) is 5.69 Å². The maximum absolute atomic E-state index is 13.4. The molecule has 1 aliphatic heterocycles. The van der Waals surface area contributed by atoms with E-state index in [1.165, 1.54) is 17.0 Å². The van der Waals surface area contributed by atoms with Crippen LogP contribution in [0.1, 0.15) is 49.0 Å². The molecule has 182 valence electrons. The quantitative estimate of drug-likeness (QED) is 0.464. The summed E-state index contributed by atoms with van der Waals surface area (Å²) in [7, 11) is 0. The molecule has 0 spiro atoms. The van der Waals surface area contributed by atoms with Crippen LogP contribution in [0.15, 0.2) is 60.7 Å². The normalized spacial score (nSPS) is 13.2. The van der Waals surface area contributed by atoms with Gasteiger partial charge in [0, 0.05) is 37.0 Å². The number of hydrogen-bond donors (Lipinski definition) is 1. The van der Waals surface area contributed by atoms with E-state index in [0.29, 0.717) is 25.1 Å². The lowest BCUT2D eigenvalue weighted by molar-refractivity contribution is -0.140. The fourth-order valence-corrected chi connectivity index (χ4v) is 4.50. The van der Waals surface area contributed by atoms with Crippen molar-refractivity contribution >= 4 is 34.2 Å². The van der Waals surface area contributed by atoms with E-state index >= 15 is 0 Å². The van der Waals surface area contributed by atoms with Crippen LogP contribution < -0.4 is 10.2 Å². The Morgan fingerprint density at radius 3 is 2.49 bits per heavy atom. The van der Waals surface area contributed by atoms with E-state index < -0.39 is 6.04 Å². The number of hydrogen-bond acceptors (Lipinski definition) is 3. The molecule has 3 amide bonds. The van der Waals surface area contributed by atoms with Crippen molar-refractivity contribution in [2.75, 3.05) is 18.0 Å². The molecule has 0 bridgehead atoms. The lowest BCUT2D eigenvalue weighted by Gasteiger charge is -2.29. The van der Waals surface area contributed by atoms with Crippen molar-refractivity contribution in [1.29, 1.82) is 0 Å². The molecular weight excluding hydrogens is 445 g/mol. The van der Waals surface area contributed by atoms with Crippen LogP contribution in [0.5, 0.6) is 0 Å². The Kier molecular flexibility index (Phi) is 7.44. The highest BCUT2D eigenvalue weighted by molar-refractivity contribution is 6.25. The second kappa shape index (κ2) is 10.7. The molecule has 3 aromatic carbocycles. The van der Waals surface area contributed by atoms with E-state index in [2.05, 4.69) is 5.32 Å². The van der Waals surface area contributed by atoms with Crippen LogP contribution in [0, 0.1) is 5.82 Å². The van der Waals surface area contributed by atoms with Crippen LogP contribution >= 0.6 is 0 Å². The van der Waals surface area contributed by atoms with Crippen LogP contribution in [0.2, 0.25) is 0 Å². The van der Waals surface area contributed by atoms with Crippen LogP contribution in [0.4, 0.5) is 10.1 Å². The third-order valence-corrected chi connectivity index (χ3v) is 6.40. The zero-order chi connectivity index (χ0) is 24.9. The summed E-state index contributed by atoms with van der Waals surface area (Å²) in [6, 6.07) is 16.8. The van der Waals surface area contributed by atoms with E-state index in [-0.39, 0.29) is 36.5 Å². The number of carbonyl (C=O) groups excluding carboxylic acids is 3. The fraction of sp³-hybridized carbons (Fsp3) is 0.321. The molecule has 0 radical (unpaired) electrons. The molecule has 35 heavy (non-hydrogen) atoms. The van der Waals surface area contributed by atoms with E-state index in [1.807, 2.05) is 43.3 Å². The summed E-state index contributed by atoms with van der Waals surface area (Å²) in [6.45, 7) is 4.80. The molecule has 0 saturated heterocycles. The first kappa shape index (κ1) is 24.4. The number of halogens is 1. The van der Waals surface area contributed by atoms with Crippen molar-refractivity contribution in [2.24, 2.45) is 0 Å². The minimum Gasteiger partial charge on any atom is -0.354 e. The van der Waals surface area contributed by atoms with Gasteiger partial charge in [-0.15, -0.1) is 0 Å². The Labute approximate surface area is 204 Å². The van der Waals surface area contributed by atoms with Crippen molar-refractivity contribution in [3.05, 3.63) is 77.6 Å². The van der Waals surface area contributed by atoms with Gasteiger partial charge >= 0.3 is 0 Å². The highest BCUT2D eigenvalue weighted by Gasteiger charge is 2.30. The Hall–Kier alpha value is -3.74. The average molecular weight is 476 g/mol. The molecule has 0 saturated carbocycles. The first-order chi connectivity index (χ1) is 16.9. The van der Waals surface area contributed by atoms with Crippen molar-refractivity contribution < 1.29 is 18.8 Å². The molecule has 1 aliphatic rings. The summed E-state index contributed by atoms with van der Waals surface area (Å²) in [4.78, 5) is 42.2. The number of rotatable bonds is 10. The molecule has 7 heteroatoms. The number of nitrogens with one attached hydrogen (secondary N) is 1. The van der Waals surface area contributed by atoms with Gasteiger partial charge in [-0.1, -0.05) is 43.3 Å². The summed E-state index contributed by atoms with van der Waals surface area (Å²) in [6.07, 6.45) is 1.43. The molecule has 1 atom stereocenters. The van der Waals surface area contributed by atoms with E-state index in [0.717, 1.165) is 28.4 Å². The number of benzene rings is 3. The fourth-order valence-electron chi connectivity index (χ4n) is 4.50. The highest BCUT2D eigenvalue weighted by atomic mass is 19.1. The van der Waals surface area contributed by atoms with Crippen molar-refractivity contribution in [2.45, 2.75) is 45.7 Å². The summed E-state index contributed by atoms with van der Waals surface area (Å²) in [5.41, 5.74) is 2.29. The number of carbonyl (C=O) groups is 3. The number of nitrogens with zero attached hydrogens (tertiary/aromatic N) is 2. The van der Waals surface area contributed by atoms with Crippen LogP contribution in [-0.4, -0.2) is 41.8 Å². The third-order valence-electron chi connectivity index (χ3n) is 6.40. The lowest BCUT2D eigenvalue weighted by Crippen LogP contribution is -2.47. The maximum Gasteiger partial charge on any atom is 0.258 e. The lowest BCUT2D eigenvalue weighted by atomic mass is 10.1. The van der Waals surface area contributed by atoms with E-state index in [4.69, 9.17) is 0 Å². The van der Waals surface area contributed by atoms with E-state index in [9.17, 15) is 18.8 Å². The molecule has 0 unspecified atom stereocenters. The predicted molar refractivity (Wildman–Crippen MR) is 135 cm³/mol. The molecule has 0 aromatic heterocycles. The minimum absolute atomic E-state index is 0.0558. The smallest absolute Gasteiger partial charge is 0.258 e. The van der Waals surface area contributed by atoms with Gasteiger partial charge in [-0.05, 0) is 55.0 Å². The SMILES string of the molecule is CCCNC(=O)[C@H](C)N(Cc1ccc(F)cc1)C(=O)CCCN1C(=O)c2cccc3cccc1c23. The van der Waals surface area contributed by atoms with Gasteiger partial charge in [-0.25, -0.2) is 4.39 Å². The molecule has 4 rings (SSSR count). The van der Waals surface area contributed by atoms with Gasteiger partial charge < -0.3 is 15.1 Å². The Balaban J connectivity index is 1.45. The van der Waals surface area contributed by atoms with Crippen molar-refractivity contribution in [3.63, 3.8) is 0 Å². The second-order valence-electron chi connectivity index (χ2n) is 8.86. The van der Waals surface area contributed by atoms with Gasteiger partial charge in [0.1, 0.15) is 11.9 Å². The molecular formula is C28H30FN3O3. The third kappa shape index (κ3) is 5.19. The molecule has 6 nitrogen and oxygen atoms in total. The van der Waals surface area contributed by atoms with Crippen LogP contribution in [0.25, 0.3) is 10.8 Å². The Morgan fingerprint density at radius 2 is 1.77 bits per heavy atom. The molecule has 3 aromatic rings. The molecule has 0 fully saturated rings. The van der Waals surface area contributed by atoms with Gasteiger partial charge in [0.15, 0.2) is 0 Å². The first-order valence-corrected chi connectivity index (χ1v) is 12.1. The molecule has 0 aliphatic carbocycles. The van der Waals surface area contributed by atoms with Gasteiger partial charge in [-0.3, -0.25) is 14.4 Å². The zero-order valence-corrected chi connectivity index (χ0v) is 20.1. The van der Waals surface area contributed by atoms with E-state index in [1.54, 1.807) is 24.0 Å². The standard InChI is InChI=1S/C28H30FN3O3/c1-3-16-30-27(34)19(2)32(18-20-12-14-22(29)15-13-20)25(33)11-6-17-31-24-10-5-8-21-7-4-9-23(26(21)24)28(31)35/h4-5,7-10,12-15,19H,3,6,11,16-18H2,1-2H3,(H,30,34)/t19-/m0/s1. The monoisotopic (exact) mass is 475 g/mol. The maximum atomic E-state index is 13.4. The van der Waals surface area contributed by atoms with Crippen molar-refractivity contribution in [3.8, 4) is 0 Å². The first-order valence-electron chi connectivity index (χ1n) is 12.1. The topological polar surface area (TPSA) is 69.7 Å².